The van der Waals surface area contributed by atoms with Gasteiger partial charge in [0, 0.05) is 17.3 Å². The van der Waals surface area contributed by atoms with Gasteiger partial charge in [-0.2, -0.15) is 0 Å². The van der Waals surface area contributed by atoms with Gasteiger partial charge in [0.25, 0.3) is 0 Å². The Morgan fingerprint density at radius 3 is 2.13 bits per heavy atom. The molecule has 1 fully saturated rings. The molecule has 8 heteroatoms. The Labute approximate surface area is 265 Å². The number of anilines is 1. The van der Waals surface area contributed by atoms with Crippen molar-refractivity contribution < 1.29 is 27.8 Å². The molecule has 5 rings (SSSR count). The average Bonchev–Trinajstić information content (AvgIpc) is 3.00. The van der Waals surface area contributed by atoms with E-state index >= 15 is 0 Å². The number of amides is 1. The second-order valence-electron chi connectivity index (χ2n) is 13.2. The third-order valence-electron chi connectivity index (χ3n) is 9.10. The van der Waals surface area contributed by atoms with Crippen LogP contribution in [-0.4, -0.2) is 19.3 Å². The molecular weight excluding hydrogens is 588 g/mol. The molecule has 1 N–H and O–H groups in total. The first-order valence-corrected chi connectivity index (χ1v) is 18.3. The van der Waals surface area contributed by atoms with Crippen LogP contribution in [-0.2, 0) is 15.8 Å². The number of halogens is 2. The van der Waals surface area contributed by atoms with Gasteiger partial charge in [-0.1, -0.05) is 63.2 Å². The Hall–Kier alpha value is -4.01. The highest BCUT2D eigenvalue weighted by Crippen LogP contribution is 2.50. The van der Waals surface area contributed by atoms with E-state index in [4.69, 9.17) is 9.16 Å². The third-order valence-corrected chi connectivity index (χ3v) is 13.6. The molecule has 5 nitrogen and oxygen atoms in total. The van der Waals surface area contributed by atoms with Crippen LogP contribution in [0.5, 0.6) is 11.5 Å². The van der Waals surface area contributed by atoms with Crippen molar-refractivity contribution in [3.63, 3.8) is 0 Å². The Bertz CT molecular complexity index is 1600. The van der Waals surface area contributed by atoms with Gasteiger partial charge in [-0.05, 0) is 90.6 Å². The minimum absolute atomic E-state index is 0.0451. The molecule has 4 aromatic rings. The van der Waals surface area contributed by atoms with E-state index < -0.39 is 20.3 Å². The summed E-state index contributed by atoms with van der Waals surface area (Å²) < 4.78 is 40.9. The van der Waals surface area contributed by atoms with Crippen LogP contribution in [0.4, 0.5) is 14.5 Å². The monoisotopic (exact) mass is 629 g/mol. The molecule has 0 radical (unpaired) electrons. The van der Waals surface area contributed by atoms with E-state index in [2.05, 4.69) is 33.9 Å². The number of benzene rings is 4. The molecule has 0 aliphatic carbocycles. The summed E-state index contributed by atoms with van der Waals surface area (Å²) in [7, 11) is -2.23. The second kappa shape index (κ2) is 13.1. The topological polar surface area (TPSA) is 59.0 Å². The van der Waals surface area contributed by atoms with Gasteiger partial charge in [-0.3, -0.25) is 4.79 Å². The number of β-lactam (4-membered cyclic amide) rings is 1. The van der Waals surface area contributed by atoms with Crippen molar-refractivity contribution in [3.05, 3.63) is 125 Å². The van der Waals surface area contributed by atoms with Crippen LogP contribution in [0.3, 0.4) is 0 Å². The van der Waals surface area contributed by atoms with Crippen LogP contribution in [0.1, 0.15) is 62.4 Å². The first-order chi connectivity index (χ1) is 21.3. The van der Waals surface area contributed by atoms with E-state index in [0.29, 0.717) is 24.3 Å². The third kappa shape index (κ3) is 7.29. The lowest BCUT2D eigenvalue weighted by atomic mass is 9.78. The minimum Gasteiger partial charge on any atom is -0.508 e. The number of aromatic hydroxyl groups is 1. The van der Waals surface area contributed by atoms with Gasteiger partial charge in [0.2, 0.25) is 5.91 Å². The maximum atomic E-state index is 13.9. The van der Waals surface area contributed by atoms with Gasteiger partial charge >= 0.3 is 0 Å². The molecule has 1 unspecified atom stereocenters. The molecule has 236 valence electrons. The molecular formula is C37H41F2NO4Si. The van der Waals surface area contributed by atoms with E-state index in [1.54, 1.807) is 47.4 Å². The van der Waals surface area contributed by atoms with Gasteiger partial charge in [0.1, 0.15) is 29.7 Å². The smallest absolute Gasteiger partial charge is 0.233 e. The Morgan fingerprint density at radius 2 is 1.51 bits per heavy atom. The molecule has 0 spiro atoms. The summed E-state index contributed by atoms with van der Waals surface area (Å²) in [6, 6.07) is 26.5. The van der Waals surface area contributed by atoms with Crippen LogP contribution >= 0.6 is 0 Å². The SMILES string of the molecule is CC(C)(C)[Si](C)(C)O[C@@H](CCC1C(=O)N(c2ccc(F)cc2)[C@@H]1c1ccc(O)cc1OCc1ccccc1)c1ccc(F)cc1. The number of carbonyl (C=O) groups excluding carboxylic acids is 1. The number of ether oxygens (including phenoxy) is 1. The highest BCUT2D eigenvalue weighted by atomic mass is 28.4. The maximum Gasteiger partial charge on any atom is 0.233 e. The fraction of sp³-hybridized carbons (Fsp3) is 0.324. The van der Waals surface area contributed by atoms with E-state index in [1.165, 1.54) is 24.3 Å². The number of nitrogens with zero attached hydrogens (tertiary/aromatic N) is 1. The Morgan fingerprint density at radius 1 is 0.889 bits per heavy atom. The maximum absolute atomic E-state index is 13.9. The molecule has 1 aliphatic rings. The molecule has 0 bridgehead atoms. The molecule has 3 atom stereocenters. The number of rotatable bonds is 11. The molecule has 1 amide bonds. The quantitative estimate of drug-likeness (QED) is 0.133. The summed E-state index contributed by atoms with van der Waals surface area (Å²) >= 11 is 0. The van der Waals surface area contributed by atoms with Gasteiger partial charge < -0.3 is 19.2 Å². The first-order valence-electron chi connectivity index (χ1n) is 15.4. The zero-order valence-electron chi connectivity index (χ0n) is 26.5. The fourth-order valence-corrected chi connectivity index (χ4v) is 6.86. The van der Waals surface area contributed by atoms with Crippen LogP contribution < -0.4 is 9.64 Å². The first kappa shape index (κ1) is 32.4. The lowest BCUT2D eigenvalue weighted by Gasteiger charge is -2.48. The van der Waals surface area contributed by atoms with Crippen molar-refractivity contribution in [1.29, 1.82) is 0 Å². The summed E-state index contributed by atoms with van der Waals surface area (Å²) in [5.41, 5.74) is 3.17. The van der Waals surface area contributed by atoms with Gasteiger partial charge in [-0.25, -0.2) is 8.78 Å². The van der Waals surface area contributed by atoms with Gasteiger partial charge in [0.15, 0.2) is 8.32 Å². The van der Waals surface area contributed by atoms with Crippen LogP contribution in [0.2, 0.25) is 18.1 Å². The summed E-state index contributed by atoms with van der Waals surface area (Å²) in [4.78, 5) is 15.6. The molecule has 4 aromatic carbocycles. The predicted octanol–water partition coefficient (Wildman–Crippen LogP) is 9.50. The van der Waals surface area contributed by atoms with E-state index in [9.17, 15) is 18.7 Å². The minimum atomic E-state index is -2.23. The highest BCUT2D eigenvalue weighted by molar-refractivity contribution is 6.74. The number of hydrogen-bond acceptors (Lipinski definition) is 4. The average molecular weight is 630 g/mol. The van der Waals surface area contributed by atoms with Crippen molar-refractivity contribution in [3.8, 4) is 11.5 Å². The van der Waals surface area contributed by atoms with Crippen LogP contribution in [0, 0.1) is 17.6 Å². The Kier molecular flexibility index (Phi) is 9.46. The van der Waals surface area contributed by atoms with Crippen molar-refractivity contribution in [1.82, 2.24) is 0 Å². The molecule has 1 aliphatic heterocycles. The molecule has 1 heterocycles. The lowest BCUT2D eigenvalue weighted by Crippen LogP contribution is -2.55. The summed E-state index contributed by atoms with van der Waals surface area (Å²) in [5.74, 6) is -0.688. The summed E-state index contributed by atoms with van der Waals surface area (Å²) in [6.45, 7) is 11.2. The number of phenols is 1. The largest absolute Gasteiger partial charge is 0.508 e. The Balaban J connectivity index is 1.47. The number of carbonyl (C=O) groups is 1. The van der Waals surface area contributed by atoms with Crippen LogP contribution in [0.15, 0.2) is 97.1 Å². The zero-order chi connectivity index (χ0) is 32.4. The fourth-order valence-electron chi connectivity index (χ4n) is 5.54. The van der Waals surface area contributed by atoms with Gasteiger partial charge in [0.05, 0.1) is 18.1 Å². The van der Waals surface area contributed by atoms with Crippen LogP contribution in [0.25, 0.3) is 0 Å². The van der Waals surface area contributed by atoms with Crippen molar-refractivity contribution in [2.45, 2.75) is 70.5 Å². The highest BCUT2D eigenvalue weighted by Gasteiger charge is 2.50. The molecule has 1 saturated heterocycles. The van der Waals surface area contributed by atoms with Crippen molar-refractivity contribution >= 4 is 19.9 Å². The van der Waals surface area contributed by atoms with Crippen molar-refractivity contribution in [2.75, 3.05) is 4.90 Å². The zero-order valence-corrected chi connectivity index (χ0v) is 27.5. The summed E-state index contributed by atoms with van der Waals surface area (Å²) in [5, 5.41) is 10.3. The van der Waals surface area contributed by atoms with Crippen molar-refractivity contribution in [2.24, 2.45) is 5.92 Å². The molecule has 0 aromatic heterocycles. The number of phenolic OH excluding ortho intramolecular Hbond substituents is 1. The molecule has 45 heavy (non-hydrogen) atoms. The number of hydrogen-bond donors (Lipinski definition) is 1. The standard InChI is InChI=1S/C37H41F2NO4Si/c1-37(2,3)45(4,5)44-33(26-11-13-27(38)14-12-26)22-21-32-35(40(36(32)42)29-17-15-28(39)16-18-29)31-20-19-30(41)23-34(31)43-24-25-9-7-6-8-10-25/h6-20,23,32-33,35,41H,21-22,24H2,1-5H3/t32?,33-,35+/m0/s1. The van der Waals surface area contributed by atoms with E-state index in [-0.39, 0.29) is 41.0 Å². The predicted molar refractivity (Wildman–Crippen MR) is 176 cm³/mol. The second-order valence-corrected chi connectivity index (χ2v) is 18.0. The lowest BCUT2D eigenvalue weighted by molar-refractivity contribution is -0.131. The normalized spacial score (nSPS) is 17.6. The van der Waals surface area contributed by atoms with Gasteiger partial charge in [-0.15, -0.1) is 0 Å². The molecule has 0 saturated carbocycles. The summed E-state index contributed by atoms with van der Waals surface area (Å²) in [6.07, 6.45) is 0.714. The van der Waals surface area contributed by atoms with E-state index in [1.807, 2.05) is 30.3 Å². The van der Waals surface area contributed by atoms with E-state index in [0.717, 1.165) is 16.7 Å².